The molecule has 1 aliphatic heterocycles. The number of hydrogen-bond donors (Lipinski definition) is 1. The molecule has 5 nitrogen and oxygen atoms in total. The Morgan fingerprint density at radius 2 is 2.06 bits per heavy atom. The maximum Gasteiger partial charge on any atom is 0.152 e. The van der Waals surface area contributed by atoms with Gasteiger partial charge in [-0.15, -0.1) is 0 Å². The van der Waals surface area contributed by atoms with E-state index in [1.165, 1.54) is 0 Å². The van der Waals surface area contributed by atoms with Gasteiger partial charge in [-0.2, -0.15) is 0 Å². The Balaban J connectivity index is 1.53. The van der Waals surface area contributed by atoms with Gasteiger partial charge in [-0.1, -0.05) is 37.6 Å². The first kappa shape index (κ1) is 23.8. The minimum atomic E-state index is -0.182. The standard InChI is InChI=1S/C27H33ClN2O3/c1-19(2)13-24(32)18-30-26-8-7-25(33-12-4-10-29-11-9-23(31)17-29)15-21(26)16-27(30)20-5-3-6-22(28)14-20/h3,5-8,14-16,19,23,31H,4,9-13,17-18H2,1-2H3. The highest BCUT2D eigenvalue weighted by atomic mass is 35.5. The van der Waals surface area contributed by atoms with Crippen molar-refractivity contribution in [2.24, 2.45) is 5.92 Å². The van der Waals surface area contributed by atoms with Crippen molar-refractivity contribution in [3.8, 4) is 17.0 Å². The van der Waals surface area contributed by atoms with Gasteiger partial charge in [0, 0.05) is 47.7 Å². The summed E-state index contributed by atoms with van der Waals surface area (Å²) in [7, 11) is 0. The summed E-state index contributed by atoms with van der Waals surface area (Å²) in [5.41, 5.74) is 2.99. The quantitative estimate of drug-likeness (QED) is 0.404. The third kappa shape index (κ3) is 6.17. The molecule has 0 aliphatic carbocycles. The fourth-order valence-electron chi connectivity index (χ4n) is 4.59. The molecule has 0 spiro atoms. The van der Waals surface area contributed by atoms with Gasteiger partial charge in [-0.3, -0.25) is 4.79 Å². The zero-order valence-corrected chi connectivity index (χ0v) is 20.2. The first-order chi connectivity index (χ1) is 15.9. The molecule has 1 aliphatic rings. The van der Waals surface area contributed by atoms with Crippen LogP contribution in [0.1, 0.15) is 33.1 Å². The van der Waals surface area contributed by atoms with Gasteiger partial charge < -0.3 is 19.3 Å². The van der Waals surface area contributed by atoms with Crippen molar-refractivity contribution in [2.45, 2.75) is 45.8 Å². The van der Waals surface area contributed by atoms with Crippen molar-refractivity contribution in [1.82, 2.24) is 9.47 Å². The number of carbonyl (C=O) groups excluding carboxylic acids is 1. The van der Waals surface area contributed by atoms with Gasteiger partial charge in [0.2, 0.25) is 0 Å². The average Bonchev–Trinajstić information content (AvgIpc) is 3.34. The Hall–Kier alpha value is -2.34. The fraction of sp³-hybridized carbons (Fsp3) is 0.444. The van der Waals surface area contributed by atoms with Crippen LogP contribution in [-0.4, -0.2) is 52.7 Å². The van der Waals surface area contributed by atoms with Crippen LogP contribution in [0.2, 0.25) is 5.02 Å². The molecule has 0 bridgehead atoms. The third-order valence-electron chi connectivity index (χ3n) is 6.10. The van der Waals surface area contributed by atoms with Crippen LogP contribution in [0.3, 0.4) is 0 Å². The van der Waals surface area contributed by atoms with Crippen molar-refractivity contribution in [2.75, 3.05) is 26.2 Å². The molecule has 33 heavy (non-hydrogen) atoms. The highest BCUT2D eigenvalue weighted by Crippen LogP contribution is 2.32. The number of halogens is 1. The molecule has 3 aromatic rings. The second kappa shape index (κ2) is 10.7. The molecule has 176 valence electrons. The molecule has 1 unspecified atom stereocenters. The van der Waals surface area contributed by atoms with Gasteiger partial charge in [0.05, 0.1) is 19.3 Å². The van der Waals surface area contributed by atoms with Crippen LogP contribution in [0.4, 0.5) is 0 Å². The van der Waals surface area contributed by atoms with Crippen molar-refractivity contribution >= 4 is 28.3 Å². The highest BCUT2D eigenvalue weighted by Gasteiger charge is 2.19. The van der Waals surface area contributed by atoms with E-state index in [0.717, 1.165) is 60.4 Å². The molecule has 1 saturated heterocycles. The normalized spacial score (nSPS) is 16.7. The summed E-state index contributed by atoms with van der Waals surface area (Å²) in [6, 6.07) is 15.9. The third-order valence-corrected chi connectivity index (χ3v) is 6.33. The van der Waals surface area contributed by atoms with Gasteiger partial charge in [-0.25, -0.2) is 0 Å². The number of benzene rings is 2. The minimum Gasteiger partial charge on any atom is -0.494 e. The van der Waals surface area contributed by atoms with Crippen LogP contribution >= 0.6 is 11.6 Å². The molecule has 2 heterocycles. The fourth-order valence-corrected chi connectivity index (χ4v) is 4.78. The van der Waals surface area contributed by atoms with Crippen LogP contribution < -0.4 is 4.74 Å². The van der Waals surface area contributed by atoms with Gasteiger partial charge in [-0.05, 0) is 60.7 Å². The van der Waals surface area contributed by atoms with Crippen LogP contribution in [0, 0.1) is 5.92 Å². The Kier molecular flexibility index (Phi) is 7.74. The number of hydrogen-bond acceptors (Lipinski definition) is 4. The van der Waals surface area contributed by atoms with Crippen molar-refractivity contribution in [3.63, 3.8) is 0 Å². The van der Waals surface area contributed by atoms with E-state index in [0.29, 0.717) is 30.5 Å². The average molecular weight is 469 g/mol. The van der Waals surface area contributed by atoms with Crippen LogP contribution in [0.15, 0.2) is 48.5 Å². The Morgan fingerprint density at radius 3 is 2.79 bits per heavy atom. The van der Waals surface area contributed by atoms with E-state index in [1.54, 1.807) is 0 Å². The van der Waals surface area contributed by atoms with Gasteiger partial charge in [0.1, 0.15) is 5.75 Å². The summed E-state index contributed by atoms with van der Waals surface area (Å²) in [6.07, 6.45) is 2.16. The number of carbonyl (C=O) groups is 1. The first-order valence-corrected chi connectivity index (χ1v) is 12.2. The molecule has 0 saturated carbocycles. The zero-order valence-electron chi connectivity index (χ0n) is 19.5. The van der Waals surface area contributed by atoms with E-state index in [4.69, 9.17) is 16.3 Å². The number of nitrogens with zero attached hydrogens (tertiary/aromatic N) is 2. The van der Waals surface area contributed by atoms with E-state index in [-0.39, 0.29) is 11.9 Å². The number of aliphatic hydroxyl groups is 1. The lowest BCUT2D eigenvalue weighted by Gasteiger charge is -2.15. The van der Waals surface area contributed by atoms with Gasteiger partial charge >= 0.3 is 0 Å². The number of aromatic nitrogens is 1. The monoisotopic (exact) mass is 468 g/mol. The molecule has 4 rings (SSSR count). The Bertz CT molecular complexity index is 1110. The molecule has 0 amide bonds. The number of ketones is 1. The summed E-state index contributed by atoms with van der Waals surface area (Å²) >= 11 is 6.26. The topological polar surface area (TPSA) is 54.7 Å². The predicted octanol–water partition coefficient (Wildman–Crippen LogP) is 5.41. The van der Waals surface area contributed by atoms with Crippen LogP contribution in [-0.2, 0) is 11.3 Å². The second-order valence-corrected chi connectivity index (χ2v) is 9.86. The van der Waals surface area contributed by atoms with Gasteiger partial charge in [0.15, 0.2) is 5.78 Å². The van der Waals surface area contributed by atoms with E-state index in [9.17, 15) is 9.90 Å². The number of β-amino-alcohol motifs (C(OH)–C–C–N with tert-alkyl or cyclic N) is 1. The molecule has 6 heteroatoms. The lowest BCUT2D eigenvalue weighted by molar-refractivity contribution is -0.120. The summed E-state index contributed by atoms with van der Waals surface area (Å²) < 4.78 is 8.11. The van der Waals surface area contributed by atoms with Crippen LogP contribution in [0.5, 0.6) is 5.75 Å². The molecule has 1 atom stereocenters. The van der Waals surface area contributed by atoms with Gasteiger partial charge in [0.25, 0.3) is 0 Å². The summed E-state index contributed by atoms with van der Waals surface area (Å²) in [5, 5.41) is 11.4. The van der Waals surface area contributed by atoms with Crippen molar-refractivity contribution < 1.29 is 14.6 Å². The Morgan fingerprint density at radius 1 is 1.21 bits per heavy atom. The van der Waals surface area contributed by atoms with E-state index in [1.807, 2.05) is 42.5 Å². The smallest absolute Gasteiger partial charge is 0.152 e. The number of ether oxygens (including phenoxy) is 1. The highest BCUT2D eigenvalue weighted by molar-refractivity contribution is 6.30. The largest absolute Gasteiger partial charge is 0.494 e. The van der Waals surface area contributed by atoms with Crippen LogP contribution in [0.25, 0.3) is 22.2 Å². The number of fused-ring (bicyclic) bond motifs is 1. The lowest BCUT2D eigenvalue weighted by Crippen LogP contribution is -2.24. The maximum atomic E-state index is 12.7. The number of rotatable bonds is 10. The molecular formula is C27H33ClN2O3. The summed E-state index contributed by atoms with van der Waals surface area (Å²) in [4.78, 5) is 15.0. The molecule has 0 radical (unpaired) electrons. The molecule has 1 N–H and O–H groups in total. The number of aliphatic hydroxyl groups excluding tert-OH is 1. The molecule has 1 fully saturated rings. The molecule has 2 aromatic carbocycles. The first-order valence-electron chi connectivity index (χ1n) is 11.8. The Labute approximate surface area is 200 Å². The molecule has 1 aromatic heterocycles. The number of likely N-dealkylation sites (tertiary alicyclic amines) is 1. The number of Topliss-reactive ketones (excluding diaryl/α,β-unsaturated/α-hetero) is 1. The SMILES string of the molecule is CC(C)CC(=O)Cn1c(-c2cccc(Cl)c2)cc2cc(OCCCN3CCC(O)C3)ccc21. The van der Waals surface area contributed by atoms with E-state index in [2.05, 4.69) is 29.4 Å². The van der Waals surface area contributed by atoms with Crippen molar-refractivity contribution in [3.05, 3.63) is 53.6 Å². The van der Waals surface area contributed by atoms with E-state index >= 15 is 0 Å². The second-order valence-electron chi connectivity index (χ2n) is 9.43. The maximum absolute atomic E-state index is 12.7. The summed E-state index contributed by atoms with van der Waals surface area (Å²) in [6.45, 7) is 7.77. The lowest BCUT2D eigenvalue weighted by atomic mass is 10.1. The predicted molar refractivity (Wildman–Crippen MR) is 134 cm³/mol. The van der Waals surface area contributed by atoms with E-state index < -0.39 is 0 Å². The zero-order chi connectivity index (χ0) is 23.4. The molecular weight excluding hydrogens is 436 g/mol. The minimum absolute atomic E-state index is 0.182. The summed E-state index contributed by atoms with van der Waals surface area (Å²) in [5.74, 6) is 1.38. The van der Waals surface area contributed by atoms with Crippen molar-refractivity contribution in [1.29, 1.82) is 0 Å².